The van der Waals surface area contributed by atoms with Crippen molar-refractivity contribution in [2.75, 3.05) is 5.32 Å². The fraction of sp³-hybridized carbons (Fsp3) is 0.105. The van der Waals surface area contributed by atoms with E-state index < -0.39 is 0 Å². The minimum absolute atomic E-state index is 0.182. The molecule has 0 saturated carbocycles. The molecule has 0 radical (unpaired) electrons. The largest absolute Gasteiger partial charge is 0.296 e. The Balaban J connectivity index is 1.54. The van der Waals surface area contributed by atoms with E-state index in [1.54, 1.807) is 16.9 Å². The SMILES string of the molecule is CCn1nccc1C(=O)Nc1nc2c(s1)-c1cccc3cccc-2c13. The highest BCUT2D eigenvalue weighted by molar-refractivity contribution is 7.20. The van der Waals surface area contributed by atoms with Crippen LogP contribution in [0.3, 0.4) is 0 Å². The standard InChI is InChI=1S/C19H14N4OS/c1-2-23-14(9-10-20-23)18(24)22-19-21-16-12-7-3-5-11-6-4-8-13(15(11)12)17(16)25-19/h3-10H,2H2,1H3,(H,21,22,24). The number of thiazole rings is 1. The third-order valence-electron chi connectivity index (χ3n) is 4.50. The van der Waals surface area contributed by atoms with Gasteiger partial charge in [-0.2, -0.15) is 5.10 Å². The second kappa shape index (κ2) is 5.26. The lowest BCUT2D eigenvalue weighted by atomic mass is 10.0. The Morgan fingerprint density at radius 2 is 1.96 bits per heavy atom. The third-order valence-corrected chi connectivity index (χ3v) is 5.50. The Bertz CT molecular complexity index is 1090. The molecule has 0 unspecified atom stereocenters. The van der Waals surface area contributed by atoms with Crippen LogP contribution in [0.15, 0.2) is 48.7 Å². The molecular formula is C19H14N4OS. The summed E-state index contributed by atoms with van der Waals surface area (Å²) in [5.41, 5.74) is 3.83. The van der Waals surface area contributed by atoms with Crippen LogP contribution in [0.4, 0.5) is 5.13 Å². The molecule has 25 heavy (non-hydrogen) atoms. The first-order chi connectivity index (χ1) is 12.3. The Morgan fingerprint density at radius 1 is 1.16 bits per heavy atom. The van der Waals surface area contributed by atoms with Crippen molar-refractivity contribution in [3.8, 4) is 21.7 Å². The molecule has 2 heterocycles. The number of aromatic nitrogens is 3. The van der Waals surface area contributed by atoms with E-state index in [-0.39, 0.29) is 5.91 Å². The second-order valence-electron chi connectivity index (χ2n) is 5.89. The maximum absolute atomic E-state index is 12.5. The molecule has 122 valence electrons. The van der Waals surface area contributed by atoms with Gasteiger partial charge in [0.2, 0.25) is 0 Å². The summed E-state index contributed by atoms with van der Waals surface area (Å²) in [5.74, 6) is -0.182. The topological polar surface area (TPSA) is 59.8 Å². The predicted octanol–water partition coefficient (Wildman–Crippen LogP) is 4.41. The van der Waals surface area contributed by atoms with Crippen molar-refractivity contribution in [1.82, 2.24) is 14.8 Å². The summed E-state index contributed by atoms with van der Waals surface area (Å²) in [6.07, 6.45) is 1.64. The molecule has 0 saturated heterocycles. The molecular weight excluding hydrogens is 332 g/mol. The van der Waals surface area contributed by atoms with Crippen molar-refractivity contribution >= 4 is 33.1 Å². The molecule has 0 bridgehead atoms. The van der Waals surface area contributed by atoms with E-state index >= 15 is 0 Å². The highest BCUT2D eigenvalue weighted by Crippen LogP contribution is 2.50. The van der Waals surface area contributed by atoms with Crippen molar-refractivity contribution in [2.24, 2.45) is 0 Å². The van der Waals surface area contributed by atoms with Crippen molar-refractivity contribution in [1.29, 1.82) is 0 Å². The van der Waals surface area contributed by atoms with Crippen molar-refractivity contribution in [3.63, 3.8) is 0 Å². The molecule has 0 atom stereocenters. The van der Waals surface area contributed by atoms with E-state index in [1.807, 2.05) is 13.0 Å². The Hall–Kier alpha value is -2.99. The van der Waals surface area contributed by atoms with Crippen LogP contribution < -0.4 is 5.32 Å². The molecule has 1 aliphatic carbocycles. The summed E-state index contributed by atoms with van der Waals surface area (Å²) in [5, 5.41) is 10.1. The molecule has 1 aliphatic rings. The summed E-state index contributed by atoms with van der Waals surface area (Å²) >= 11 is 1.52. The summed E-state index contributed by atoms with van der Waals surface area (Å²) < 4.78 is 1.67. The fourth-order valence-corrected chi connectivity index (χ4v) is 4.41. The highest BCUT2D eigenvalue weighted by Gasteiger charge is 2.26. The van der Waals surface area contributed by atoms with Gasteiger partial charge < -0.3 is 0 Å². The van der Waals surface area contributed by atoms with Crippen molar-refractivity contribution in [3.05, 3.63) is 54.4 Å². The van der Waals surface area contributed by atoms with Gasteiger partial charge in [0.15, 0.2) is 5.13 Å². The Labute approximate surface area is 147 Å². The number of nitrogens with one attached hydrogen (secondary N) is 1. The fourth-order valence-electron chi connectivity index (χ4n) is 3.40. The smallest absolute Gasteiger partial charge is 0.275 e. The average Bonchev–Trinajstić information content (AvgIpc) is 3.32. The lowest BCUT2D eigenvalue weighted by Gasteiger charge is -2.05. The van der Waals surface area contributed by atoms with Gasteiger partial charge in [-0.3, -0.25) is 14.8 Å². The molecule has 5 nitrogen and oxygen atoms in total. The summed E-state index contributed by atoms with van der Waals surface area (Å²) in [6, 6.07) is 14.3. The molecule has 6 heteroatoms. The monoisotopic (exact) mass is 346 g/mol. The van der Waals surface area contributed by atoms with E-state index in [1.165, 1.54) is 27.7 Å². The first-order valence-corrected chi connectivity index (χ1v) is 8.94. The first kappa shape index (κ1) is 14.4. The highest BCUT2D eigenvalue weighted by atomic mass is 32.1. The van der Waals surface area contributed by atoms with Crippen LogP contribution in [-0.4, -0.2) is 20.7 Å². The lowest BCUT2D eigenvalue weighted by Crippen LogP contribution is -2.17. The van der Waals surface area contributed by atoms with Crippen molar-refractivity contribution < 1.29 is 4.79 Å². The number of carbonyl (C=O) groups is 1. The molecule has 5 rings (SSSR count). The van der Waals surface area contributed by atoms with Crippen molar-refractivity contribution in [2.45, 2.75) is 13.5 Å². The number of anilines is 1. The van der Waals surface area contributed by atoms with Gasteiger partial charge in [-0.05, 0) is 23.8 Å². The van der Waals surface area contributed by atoms with Gasteiger partial charge in [-0.15, -0.1) is 0 Å². The molecule has 4 aromatic rings. The number of benzene rings is 2. The van der Waals surface area contributed by atoms with Crippen LogP contribution in [0.1, 0.15) is 17.4 Å². The minimum atomic E-state index is -0.182. The number of aryl methyl sites for hydroxylation is 1. The maximum atomic E-state index is 12.5. The zero-order valence-corrected chi connectivity index (χ0v) is 14.3. The number of fused-ring (bicyclic) bond motifs is 3. The summed E-state index contributed by atoms with van der Waals surface area (Å²) in [7, 11) is 0. The molecule has 1 amide bonds. The first-order valence-electron chi connectivity index (χ1n) is 8.12. The second-order valence-corrected chi connectivity index (χ2v) is 6.89. The van der Waals surface area contributed by atoms with Crippen LogP contribution in [0.2, 0.25) is 0 Å². The van der Waals surface area contributed by atoms with E-state index in [0.717, 1.165) is 16.1 Å². The van der Waals surface area contributed by atoms with Gasteiger partial charge in [-0.1, -0.05) is 47.7 Å². The van der Waals surface area contributed by atoms with Crippen LogP contribution in [-0.2, 0) is 6.54 Å². The number of hydrogen-bond donors (Lipinski definition) is 1. The number of nitrogens with zero attached hydrogens (tertiary/aromatic N) is 3. The quantitative estimate of drug-likeness (QED) is 0.526. The average molecular weight is 346 g/mol. The van der Waals surface area contributed by atoms with E-state index in [2.05, 4.69) is 40.7 Å². The third kappa shape index (κ3) is 2.04. The van der Waals surface area contributed by atoms with Crippen LogP contribution in [0.25, 0.3) is 32.5 Å². The molecule has 2 aromatic heterocycles. The Morgan fingerprint density at radius 3 is 2.76 bits per heavy atom. The number of carbonyl (C=O) groups excluding carboxylic acids is 1. The minimum Gasteiger partial charge on any atom is -0.296 e. The zero-order chi connectivity index (χ0) is 17.0. The van der Waals surface area contributed by atoms with Gasteiger partial charge in [0.05, 0.1) is 10.6 Å². The van der Waals surface area contributed by atoms with Crippen LogP contribution in [0, 0.1) is 0 Å². The lowest BCUT2D eigenvalue weighted by molar-refractivity contribution is 0.101. The predicted molar refractivity (Wildman–Crippen MR) is 99.9 cm³/mol. The molecule has 0 aliphatic heterocycles. The van der Waals surface area contributed by atoms with Gasteiger partial charge in [0.25, 0.3) is 5.91 Å². The van der Waals surface area contributed by atoms with Gasteiger partial charge in [0.1, 0.15) is 5.69 Å². The number of hydrogen-bond acceptors (Lipinski definition) is 4. The maximum Gasteiger partial charge on any atom is 0.275 e. The molecule has 0 spiro atoms. The van der Waals surface area contributed by atoms with Crippen LogP contribution >= 0.6 is 11.3 Å². The number of rotatable bonds is 3. The molecule has 0 fully saturated rings. The molecule has 1 N–H and O–H groups in total. The van der Waals surface area contributed by atoms with Gasteiger partial charge >= 0.3 is 0 Å². The summed E-state index contributed by atoms with van der Waals surface area (Å²) in [6.45, 7) is 2.61. The normalized spacial score (nSPS) is 11.7. The Kier molecular flexibility index (Phi) is 3.02. The van der Waals surface area contributed by atoms with Crippen LogP contribution in [0.5, 0.6) is 0 Å². The van der Waals surface area contributed by atoms with E-state index in [4.69, 9.17) is 4.98 Å². The molecule has 2 aromatic carbocycles. The van der Waals surface area contributed by atoms with Gasteiger partial charge in [0, 0.05) is 23.9 Å². The van der Waals surface area contributed by atoms with Gasteiger partial charge in [-0.25, -0.2) is 4.98 Å². The van der Waals surface area contributed by atoms with E-state index in [9.17, 15) is 4.79 Å². The number of amides is 1. The zero-order valence-electron chi connectivity index (χ0n) is 13.5. The summed E-state index contributed by atoms with van der Waals surface area (Å²) in [4.78, 5) is 18.3. The van der Waals surface area contributed by atoms with E-state index in [0.29, 0.717) is 17.4 Å².